The van der Waals surface area contributed by atoms with Crippen LogP contribution in [0.3, 0.4) is 0 Å². The lowest BCUT2D eigenvalue weighted by molar-refractivity contribution is -0.123. The first-order valence-corrected chi connectivity index (χ1v) is 8.82. The van der Waals surface area contributed by atoms with E-state index < -0.39 is 0 Å². The number of nitrogens with zero attached hydrogens (tertiary/aromatic N) is 1. The van der Waals surface area contributed by atoms with Gasteiger partial charge in [0.25, 0.3) is 0 Å². The van der Waals surface area contributed by atoms with Crippen molar-refractivity contribution in [1.82, 2.24) is 10.2 Å². The quantitative estimate of drug-likeness (QED) is 0.832. The van der Waals surface area contributed by atoms with Crippen molar-refractivity contribution in [3.63, 3.8) is 0 Å². The van der Waals surface area contributed by atoms with Gasteiger partial charge in [-0.2, -0.15) is 0 Å². The third kappa shape index (κ3) is 5.48. The number of likely N-dealkylation sites (N-methyl/N-ethyl adjacent to an activating group) is 1. The molecule has 0 saturated heterocycles. The van der Waals surface area contributed by atoms with Gasteiger partial charge in [-0.15, -0.1) is 0 Å². The molecule has 0 bridgehead atoms. The summed E-state index contributed by atoms with van der Waals surface area (Å²) in [6.45, 7) is 5.73. The molecule has 24 heavy (non-hydrogen) atoms. The lowest BCUT2D eigenvalue weighted by atomic mass is 9.78. The highest BCUT2D eigenvalue weighted by Gasteiger charge is 2.28. The highest BCUT2D eigenvalue weighted by atomic mass is 19.1. The maximum Gasteiger partial charge on any atom is 0.234 e. The molecule has 1 amide bonds. The van der Waals surface area contributed by atoms with Crippen LogP contribution in [0.15, 0.2) is 24.3 Å². The van der Waals surface area contributed by atoms with Crippen molar-refractivity contribution in [2.24, 2.45) is 11.8 Å². The Labute approximate surface area is 144 Å². The van der Waals surface area contributed by atoms with Crippen molar-refractivity contribution in [2.75, 3.05) is 26.7 Å². The van der Waals surface area contributed by atoms with Crippen LogP contribution < -0.4 is 10.1 Å². The van der Waals surface area contributed by atoms with E-state index in [1.165, 1.54) is 18.9 Å². The molecule has 134 valence electrons. The zero-order chi connectivity index (χ0) is 17.5. The molecule has 1 aromatic carbocycles. The average molecular weight is 336 g/mol. The zero-order valence-electron chi connectivity index (χ0n) is 14.9. The van der Waals surface area contributed by atoms with Gasteiger partial charge in [0.05, 0.1) is 6.54 Å². The number of rotatable bonds is 7. The molecule has 1 aliphatic rings. The first kappa shape index (κ1) is 18.7. The molecule has 3 atom stereocenters. The number of ether oxygens (including phenoxy) is 1. The van der Waals surface area contributed by atoms with E-state index >= 15 is 0 Å². The third-order valence-electron chi connectivity index (χ3n) is 5.03. The van der Waals surface area contributed by atoms with Gasteiger partial charge in [-0.25, -0.2) is 4.39 Å². The van der Waals surface area contributed by atoms with Gasteiger partial charge >= 0.3 is 0 Å². The molecule has 1 saturated carbocycles. The molecular weight excluding hydrogens is 307 g/mol. The molecule has 0 radical (unpaired) electrons. The fraction of sp³-hybridized carbons (Fsp3) is 0.632. The summed E-state index contributed by atoms with van der Waals surface area (Å²) in [7, 11) is 1.87. The summed E-state index contributed by atoms with van der Waals surface area (Å²) in [6.07, 6.45) is 3.50. The number of halogens is 1. The summed E-state index contributed by atoms with van der Waals surface area (Å²) in [5, 5.41) is 3.17. The van der Waals surface area contributed by atoms with Crippen molar-refractivity contribution >= 4 is 5.91 Å². The molecule has 1 aliphatic carbocycles. The molecule has 0 aliphatic heterocycles. The van der Waals surface area contributed by atoms with Crippen molar-refractivity contribution < 1.29 is 13.9 Å². The van der Waals surface area contributed by atoms with Gasteiger partial charge in [0, 0.05) is 12.6 Å². The van der Waals surface area contributed by atoms with Crippen molar-refractivity contribution in [3.8, 4) is 5.75 Å². The van der Waals surface area contributed by atoms with Crippen LogP contribution in [-0.4, -0.2) is 43.6 Å². The second-order valence-corrected chi connectivity index (χ2v) is 6.96. The van der Waals surface area contributed by atoms with Gasteiger partial charge in [-0.05, 0) is 37.4 Å². The number of carbonyl (C=O) groups is 1. The van der Waals surface area contributed by atoms with E-state index in [-0.39, 0.29) is 23.5 Å². The van der Waals surface area contributed by atoms with Gasteiger partial charge < -0.3 is 10.1 Å². The maximum absolute atomic E-state index is 13.5. The Morgan fingerprint density at radius 2 is 2.08 bits per heavy atom. The first-order valence-electron chi connectivity index (χ1n) is 8.82. The molecular formula is C19H29FN2O2. The van der Waals surface area contributed by atoms with E-state index in [1.807, 2.05) is 11.9 Å². The van der Waals surface area contributed by atoms with Gasteiger partial charge in [0.2, 0.25) is 5.91 Å². The summed E-state index contributed by atoms with van der Waals surface area (Å²) in [5.74, 6) is 1.13. The Kier molecular flexibility index (Phi) is 7.03. The third-order valence-corrected chi connectivity index (χ3v) is 5.03. The first-order chi connectivity index (χ1) is 11.5. The maximum atomic E-state index is 13.5. The van der Waals surface area contributed by atoms with Crippen LogP contribution in [0.4, 0.5) is 4.39 Å². The van der Waals surface area contributed by atoms with Crippen LogP contribution in [0.25, 0.3) is 0 Å². The minimum Gasteiger partial charge on any atom is -0.489 e. The van der Waals surface area contributed by atoms with E-state index in [1.54, 1.807) is 18.2 Å². The highest BCUT2D eigenvalue weighted by Crippen LogP contribution is 2.29. The fourth-order valence-corrected chi connectivity index (χ4v) is 3.24. The van der Waals surface area contributed by atoms with Crippen LogP contribution in [0.2, 0.25) is 0 Å². The summed E-state index contributed by atoms with van der Waals surface area (Å²) in [5.41, 5.74) is 0. The molecule has 0 spiro atoms. The SMILES string of the molecule is C[C@@H]1[C@H](C)CCC[C@@H]1NC(=O)CN(C)CCOc1ccccc1F. The van der Waals surface area contributed by atoms with Crippen LogP contribution in [-0.2, 0) is 4.79 Å². The molecule has 0 aromatic heterocycles. The summed E-state index contributed by atoms with van der Waals surface area (Å²) in [6, 6.07) is 6.63. The standard InChI is InChI=1S/C19H29FN2O2/c1-14-7-6-9-17(15(14)2)21-19(23)13-22(3)11-12-24-18-10-5-4-8-16(18)20/h4-5,8,10,14-15,17H,6-7,9,11-13H2,1-3H3,(H,21,23)/t14-,15-,17+/m1/s1. The lowest BCUT2D eigenvalue weighted by Gasteiger charge is -2.35. The second-order valence-electron chi connectivity index (χ2n) is 6.96. The Hall–Kier alpha value is -1.62. The lowest BCUT2D eigenvalue weighted by Crippen LogP contribution is -2.47. The molecule has 0 unspecified atom stereocenters. The van der Waals surface area contributed by atoms with E-state index in [9.17, 15) is 9.18 Å². The number of carbonyl (C=O) groups excluding carboxylic acids is 1. The number of nitrogens with one attached hydrogen (secondary N) is 1. The number of amides is 1. The van der Waals surface area contributed by atoms with Gasteiger partial charge in [0.1, 0.15) is 6.61 Å². The largest absolute Gasteiger partial charge is 0.489 e. The summed E-state index contributed by atoms with van der Waals surface area (Å²) in [4.78, 5) is 14.1. The van der Waals surface area contributed by atoms with E-state index in [2.05, 4.69) is 19.2 Å². The number of hydrogen-bond acceptors (Lipinski definition) is 3. The Morgan fingerprint density at radius 1 is 1.33 bits per heavy atom. The van der Waals surface area contributed by atoms with E-state index in [0.29, 0.717) is 31.5 Å². The van der Waals surface area contributed by atoms with Gasteiger partial charge in [-0.1, -0.05) is 38.8 Å². The molecule has 1 N–H and O–H groups in total. The van der Waals surface area contributed by atoms with Gasteiger partial charge in [-0.3, -0.25) is 9.69 Å². The number of hydrogen-bond donors (Lipinski definition) is 1. The minimum absolute atomic E-state index is 0.0503. The zero-order valence-corrected chi connectivity index (χ0v) is 14.9. The Bertz CT molecular complexity index is 538. The summed E-state index contributed by atoms with van der Waals surface area (Å²) < 4.78 is 18.9. The second kappa shape index (κ2) is 9.02. The molecule has 2 rings (SSSR count). The molecule has 5 heteroatoms. The van der Waals surface area contributed by atoms with Crippen molar-refractivity contribution in [3.05, 3.63) is 30.1 Å². The number of benzene rings is 1. The van der Waals surface area contributed by atoms with Crippen molar-refractivity contribution in [1.29, 1.82) is 0 Å². The molecule has 4 nitrogen and oxygen atoms in total. The minimum atomic E-state index is -0.363. The highest BCUT2D eigenvalue weighted by molar-refractivity contribution is 5.78. The Balaban J connectivity index is 1.69. The monoisotopic (exact) mass is 336 g/mol. The molecule has 1 fully saturated rings. The van der Waals surface area contributed by atoms with E-state index in [0.717, 1.165) is 6.42 Å². The molecule has 0 heterocycles. The van der Waals surface area contributed by atoms with Gasteiger partial charge in [0.15, 0.2) is 11.6 Å². The fourth-order valence-electron chi connectivity index (χ4n) is 3.24. The average Bonchev–Trinajstić information content (AvgIpc) is 2.53. The van der Waals surface area contributed by atoms with Crippen molar-refractivity contribution in [2.45, 2.75) is 39.2 Å². The predicted molar refractivity (Wildman–Crippen MR) is 93.5 cm³/mol. The number of para-hydroxylation sites is 1. The van der Waals surface area contributed by atoms with Crippen LogP contribution in [0, 0.1) is 17.7 Å². The normalized spacial score (nSPS) is 24.0. The summed E-state index contributed by atoms with van der Waals surface area (Å²) >= 11 is 0. The predicted octanol–water partition coefficient (Wildman–Crippen LogP) is 3.08. The Morgan fingerprint density at radius 3 is 2.83 bits per heavy atom. The van der Waals surface area contributed by atoms with Crippen LogP contribution in [0.5, 0.6) is 5.75 Å². The smallest absolute Gasteiger partial charge is 0.234 e. The topological polar surface area (TPSA) is 41.6 Å². The molecule has 1 aromatic rings. The van der Waals surface area contributed by atoms with Crippen LogP contribution >= 0.6 is 0 Å². The van der Waals surface area contributed by atoms with E-state index in [4.69, 9.17) is 4.74 Å². The van der Waals surface area contributed by atoms with Crippen LogP contribution in [0.1, 0.15) is 33.1 Å².